The van der Waals surface area contributed by atoms with E-state index in [1.807, 2.05) is 11.8 Å². The minimum Gasteiger partial charge on any atom is -0.0881 e. The van der Waals surface area contributed by atoms with Gasteiger partial charge in [0.1, 0.15) is 0 Å². The third-order valence-corrected chi connectivity index (χ3v) is 6.43. The van der Waals surface area contributed by atoms with Crippen molar-refractivity contribution in [1.82, 2.24) is 0 Å². The van der Waals surface area contributed by atoms with Crippen LogP contribution >= 0.6 is 11.8 Å². The van der Waals surface area contributed by atoms with Crippen LogP contribution in [0.25, 0.3) is 43.4 Å². The Balaban J connectivity index is 1.84. The Morgan fingerprint density at radius 1 is 0.520 bits per heavy atom. The van der Waals surface area contributed by atoms with Crippen LogP contribution in [0.5, 0.6) is 0 Å². The zero-order valence-electron chi connectivity index (χ0n) is 13.5. The summed E-state index contributed by atoms with van der Waals surface area (Å²) in [4.78, 5) is 2.75. The summed E-state index contributed by atoms with van der Waals surface area (Å²) in [6.45, 7) is 0. The average Bonchev–Trinajstić information content (AvgIpc) is 2.68. The van der Waals surface area contributed by atoms with Crippen molar-refractivity contribution in [3.63, 3.8) is 0 Å². The maximum Gasteiger partial charge on any atom is 0.0279 e. The second kappa shape index (κ2) is 4.87. The van der Waals surface area contributed by atoms with E-state index in [2.05, 4.69) is 84.9 Å². The van der Waals surface area contributed by atoms with Gasteiger partial charge in [-0.25, -0.2) is 0 Å². The van der Waals surface area contributed by atoms with Crippen LogP contribution in [0.2, 0.25) is 0 Å². The molecule has 25 heavy (non-hydrogen) atoms. The summed E-state index contributed by atoms with van der Waals surface area (Å²) in [7, 11) is 0. The fraction of sp³-hybridized carbons (Fsp3) is 0. The molecule has 0 saturated carbocycles. The molecule has 0 aliphatic carbocycles. The van der Waals surface area contributed by atoms with E-state index in [9.17, 15) is 0 Å². The molecule has 0 fully saturated rings. The van der Waals surface area contributed by atoms with Crippen molar-refractivity contribution in [2.75, 3.05) is 0 Å². The molecule has 116 valence electrons. The third kappa shape index (κ3) is 1.79. The number of fused-ring (bicyclic) bond motifs is 6. The van der Waals surface area contributed by atoms with E-state index in [0.717, 1.165) is 0 Å². The van der Waals surface area contributed by atoms with Gasteiger partial charge in [0.05, 0.1) is 0 Å². The molecule has 0 atom stereocenters. The lowest BCUT2D eigenvalue weighted by molar-refractivity contribution is 1.45. The first-order chi connectivity index (χ1) is 12.4. The Morgan fingerprint density at radius 3 is 2.20 bits per heavy atom. The number of hydrogen-bond acceptors (Lipinski definition) is 1. The van der Waals surface area contributed by atoms with E-state index in [1.165, 1.54) is 53.2 Å². The van der Waals surface area contributed by atoms with Crippen molar-refractivity contribution in [2.24, 2.45) is 0 Å². The standard InChI is InChI=1S/C24H14S/c1-4-9-18-15(6-1)12-13-20-21-14-16-7-2-3-8-17(16)19-10-5-11-22(23(19)21)25-24(18)20/h1-14H. The second-order valence-electron chi connectivity index (χ2n) is 6.59. The highest BCUT2D eigenvalue weighted by molar-refractivity contribution is 8.00. The van der Waals surface area contributed by atoms with Crippen LogP contribution in [0.3, 0.4) is 0 Å². The van der Waals surface area contributed by atoms with E-state index < -0.39 is 0 Å². The zero-order chi connectivity index (χ0) is 16.4. The zero-order valence-corrected chi connectivity index (χ0v) is 14.3. The molecule has 0 unspecified atom stereocenters. The average molecular weight is 334 g/mol. The molecule has 1 aliphatic heterocycles. The first kappa shape index (κ1) is 13.5. The molecule has 0 nitrogen and oxygen atoms in total. The highest BCUT2D eigenvalue weighted by atomic mass is 32.2. The summed E-state index contributed by atoms with van der Waals surface area (Å²) < 4.78 is 0. The fourth-order valence-corrected chi connectivity index (χ4v) is 5.37. The molecule has 0 aromatic heterocycles. The van der Waals surface area contributed by atoms with Crippen molar-refractivity contribution in [2.45, 2.75) is 9.79 Å². The third-order valence-electron chi connectivity index (χ3n) is 5.23. The molecule has 0 bridgehead atoms. The van der Waals surface area contributed by atoms with Gasteiger partial charge in [-0.1, -0.05) is 84.6 Å². The van der Waals surface area contributed by atoms with Gasteiger partial charge in [0.2, 0.25) is 0 Å². The van der Waals surface area contributed by atoms with Gasteiger partial charge in [-0.05, 0) is 50.2 Å². The van der Waals surface area contributed by atoms with Crippen LogP contribution in [0.4, 0.5) is 0 Å². The summed E-state index contributed by atoms with van der Waals surface area (Å²) in [5.74, 6) is 0. The van der Waals surface area contributed by atoms with E-state index in [0.29, 0.717) is 0 Å². The number of rotatable bonds is 0. The maximum absolute atomic E-state index is 2.37. The Morgan fingerprint density at radius 2 is 1.28 bits per heavy atom. The molecular weight excluding hydrogens is 320 g/mol. The van der Waals surface area contributed by atoms with Crippen LogP contribution < -0.4 is 0 Å². The molecule has 0 N–H and O–H groups in total. The Labute approximate surface area is 150 Å². The SMILES string of the molecule is c1ccc2c3c(ccc2c1)-c1cc2ccccc2c2cccc(c12)S3. The first-order valence-electron chi connectivity index (χ1n) is 8.54. The Hall–Kier alpha value is -2.77. The van der Waals surface area contributed by atoms with Gasteiger partial charge in [0.25, 0.3) is 0 Å². The molecule has 6 rings (SSSR count). The van der Waals surface area contributed by atoms with E-state index >= 15 is 0 Å². The Bertz CT molecular complexity index is 1310. The smallest absolute Gasteiger partial charge is 0.0279 e. The largest absolute Gasteiger partial charge is 0.0881 e. The van der Waals surface area contributed by atoms with Crippen LogP contribution in [0.1, 0.15) is 0 Å². The van der Waals surface area contributed by atoms with Gasteiger partial charge in [-0.15, -0.1) is 0 Å². The summed E-state index contributed by atoms with van der Waals surface area (Å²) in [6, 6.07) is 31.0. The van der Waals surface area contributed by atoms with Crippen LogP contribution in [-0.2, 0) is 0 Å². The molecular formula is C24H14S. The van der Waals surface area contributed by atoms with Crippen molar-refractivity contribution >= 4 is 44.1 Å². The summed E-state index contributed by atoms with van der Waals surface area (Å²) in [5, 5.41) is 8.07. The van der Waals surface area contributed by atoms with Crippen molar-refractivity contribution in [3.05, 3.63) is 84.9 Å². The second-order valence-corrected chi connectivity index (χ2v) is 7.64. The van der Waals surface area contributed by atoms with Gasteiger partial charge in [-0.3, -0.25) is 0 Å². The van der Waals surface area contributed by atoms with E-state index in [1.54, 1.807) is 0 Å². The summed E-state index contributed by atoms with van der Waals surface area (Å²) in [6.07, 6.45) is 0. The molecule has 0 amide bonds. The van der Waals surface area contributed by atoms with E-state index in [-0.39, 0.29) is 0 Å². The lowest BCUT2D eigenvalue weighted by Crippen LogP contribution is -1.94. The van der Waals surface area contributed by atoms with E-state index in [4.69, 9.17) is 0 Å². The maximum atomic E-state index is 2.37. The topological polar surface area (TPSA) is 0 Å². The monoisotopic (exact) mass is 334 g/mol. The molecule has 1 heteroatoms. The summed E-state index contributed by atoms with van der Waals surface area (Å²) >= 11 is 1.91. The molecule has 5 aromatic rings. The predicted octanol–water partition coefficient (Wildman–Crippen LogP) is 7.28. The highest BCUT2D eigenvalue weighted by Gasteiger charge is 2.21. The van der Waals surface area contributed by atoms with Gasteiger partial charge < -0.3 is 0 Å². The van der Waals surface area contributed by atoms with Crippen molar-refractivity contribution in [3.8, 4) is 11.1 Å². The molecule has 0 saturated heterocycles. The van der Waals surface area contributed by atoms with Crippen molar-refractivity contribution < 1.29 is 0 Å². The van der Waals surface area contributed by atoms with Gasteiger partial charge in [0, 0.05) is 15.2 Å². The molecule has 0 radical (unpaired) electrons. The van der Waals surface area contributed by atoms with Crippen LogP contribution in [0, 0.1) is 0 Å². The normalized spacial score (nSPS) is 12.6. The number of hydrogen-bond donors (Lipinski definition) is 0. The van der Waals surface area contributed by atoms with Crippen LogP contribution in [-0.4, -0.2) is 0 Å². The molecule has 1 aliphatic rings. The predicted molar refractivity (Wildman–Crippen MR) is 109 cm³/mol. The molecule has 5 aromatic carbocycles. The van der Waals surface area contributed by atoms with Gasteiger partial charge >= 0.3 is 0 Å². The fourth-order valence-electron chi connectivity index (χ4n) is 4.10. The lowest BCUT2D eigenvalue weighted by atomic mass is 9.92. The van der Waals surface area contributed by atoms with Gasteiger partial charge in [0.15, 0.2) is 0 Å². The van der Waals surface area contributed by atoms with Crippen LogP contribution in [0.15, 0.2) is 94.7 Å². The minimum atomic E-state index is 1.31. The highest BCUT2D eigenvalue weighted by Crippen LogP contribution is 2.51. The molecule has 0 spiro atoms. The minimum absolute atomic E-state index is 1.31. The Kier molecular flexibility index (Phi) is 2.63. The quantitative estimate of drug-likeness (QED) is 0.263. The lowest BCUT2D eigenvalue weighted by Gasteiger charge is -2.23. The van der Waals surface area contributed by atoms with Gasteiger partial charge in [-0.2, -0.15) is 0 Å². The first-order valence-corrected chi connectivity index (χ1v) is 9.36. The number of benzene rings is 5. The van der Waals surface area contributed by atoms with Crippen molar-refractivity contribution in [1.29, 1.82) is 0 Å². The molecule has 1 heterocycles. The summed E-state index contributed by atoms with van der Waals surface area (Å²) in [5.41, 5.74) is 2.72.